The average molecular weight is 437 g/mol. The van der Waals surface area contributed by atoms with Crippen molar-refractivity contribution in [3.8, 4) is 16.9 Å². The molecule has 0 N–H and O–H groups in total. The van der Waals surface area contributed by atoms with Gasteiger partial charge in [0, 0.05) is 29.5 Å². The van der Waals surface area contributed by atoms with Crippen molar-refractivity contribution in [2.75, 3.05) is 0 Å². The van der Waals surface area contributed by atoms with E-state index in [0.29, 0.717) is 29.7 Å². The molecule has 0 aliphatic carbocycles. The molecule has 6 nitrogen and oxygen atoms in total. The van der Waals surface area contributed by atoms with Gasteiger partial charge in [-0.25, -0.2) is 9.59 Å². The van der Waals surface area contributed by atoms with Crippen LogP contribution in [0.2, 0.25) is 0 Å². The van der Waals surface area contributed by atoms with Gasteiger partial charge in [-0.15, -0.1) is 10.3 Å². The fraction of sp³-hybridized carbons (Fsp3) is 0.385. The molecule has 1 aliphatic heterocycles. The first-order chi connectivity index (χ1) is 14.9. The summed E-state index contributed by atoms with van der Waals surface area (Å²) in [6, 6.07) is 14.3. The maximum Gasteiger partial charge on any atom is 0.338 e. The molecule has 1 radical (unpaired) electrons. The third-order valence-electron chi connectivity index (χ3n) is 5.69. The third kappa shape index (κ3) is 5.26. The van der Waals surface area contributed by atoms with Crippen molar-refractivity contribution in [3.05, 3.63) is 66.2 Å². The molecule has 0 spiro atoms. The van der Waals surface area contributed by atoms with E-state index >= 15 is 0 Å². The summed E-state index contributed by atoms with van der Waals surface area (Å²) < 4.78 is 11.0. The van der Waals surface area contributed by atoms with Crippen LogP contribution in [0.1, 0.15) is 57.8 Å². The number of hydrogen-bond donors (Lipinski definition) is 0. The van der Waals surface area contributed by atoms with Crippen LogP contribution in [0, 0.1) is 0 Å². The van der Waals surface area contributed by atoms with Gasteiger partial charge in [-0.1, -0.05) is 30.8 Å². The van der Waals surface area contributed by atoms with Crippen LogP contribution < -0.4 is 4.74 Å². The molecule has 1 fully saturated rings. The lowest BCUT2D eigenvalue weighted by molar-refractivity contribution is -0.298. The molecule has 1 aliphatic rings. The van der Waals surface area contributed by atoms with Gasteiger partial charge in [0.2, 0.25) is 0 Å². The van der Waals surface area contributed by atoms with E-state index in [1.54, 1.807) is 31.2 Å². The van der Waals surface area contributed by atoms with Crippen molar-refractivity contribution in [1.29, 1.82) is 0 Å². The molecule has 3 rings (SSSR count). The zero-order valence-electron chi connectivity index (χ0n) is 19.3. The van der Waals surface area contributed by atoms with Crippen LogP contribution in [-0.4, -0.2) is 34.2 Å². The highest BCUT2D eigenvalue weighted by Crippen LogP contribution is 2.38. The number of rotatable bonds is 5. The highest BCUT2D eigenvalue weighted by Gasteiger charge is 2.47. The number of esters is 2. The fourth-order valence-corrected chi connectivity index (χ4v) is 4.18. The molecule has 0 saturated carbocycles. The predicted octanol–water partition coefficient (Wildman–Crippen LogP) is 5.36. The third-order valence-corrected chi connectivity index (χ3v) is 5.69. The maximum atomic E-state index is 12.7. The Morgan fingerprint density at radius 2 is 1.38 bits per heavy atom. The minimum Gasteiger partial charge on any atom is -0.459 e. The Kier molecular flexibility index (Phi) is 6.58. The van der Waals surface area contributed by atoms with Crippen LogP contribution in [0.25, 0.3) is 11.1 Å². The largest absolute Gasteiger partial charge is 0.459 e. The Morgan fingerprint density at radius 1 is 0.906 bits per heavy atom. The summed E-state index contributed by atoms with van der Waals surface area (Å²) in [4.78, 5) is 24.3. The van der Waals surface area contributed by atoms with Gasteiger partial charge >= 0.3 is 11.9 Å². The normalized spacial score (nSPS) is 18.1. The van der Waals surface area contributed by atoms with Crippen molar-refractivity contribution < 1.29 is 24.3 Å². The number of hydrogen-bond acceptors (Lipinski definition) is 5. The van der Waals surface area contributed by atoms with E-state index in [0.717, 1.165) is 16.2 Å². The summed E-state index contributed by atoms with van der Waals surface area (Å²) in [6.07, 6.45) is 0.671. The standard InChI is InChI=1S/C26H30NO5/c1-17(2)23(28)31-21-13-11-19(12-14-21)18-7-9-20(10-8-18)24(29)32-22-15-25(3,4)27(30)26(5,6)16-22/h7-14,22H,1,15-16H2,2-6H3. The highest BCUT2D eigenvalue weighted by molar-refractivity contribution is 5.90. The number of carbonyl (C=O) groups is 2. The first-order valence-electron chi connectivity index (χ1n) is 10.7. The SMILES string of the molecule is C=C(C)C(=O)Oc1ccc(-c2ccc(C(=O)OC3CC(C)(C)N([O])C(C)(C)C3)cc2)cc1. The summed E-state index contributed by atoms with van der Waals surface area (Å²) in [6.45, 7) is 12.7. The lowest BCUT2D eigenvalue weighted by Gasteiger charge is -2.49. The van der Waals surface area contributed by atoms with Crippen LogP contribution in [0.4, 0.5) is 0 Å². The Morgan fingerprint density at radius 3 is 1.84 bits per heavy atom. The molecule has 0 unspecified atom stereocenters. The number of nitrogens with zero attached hydrogens (tertiary/aromatic N) is 1. The van der Waals surface area contributed by atoms with E-state index in [2.05, 4.69) is 6.58 Å². The Balaban J connectivity index is 1.66. The van der Waals surface area contributed by atoms with Crippen LogP contribution in [0.15, 0.2) is 60.7 Å². The van der Waals surface area contributed by atoms with Crippen molar-refractivity contribution in [3.63, 3.8) is 0 Å². The molecule has 0 aromatic heterocycles. The van der Waals surface area contributed by atoms with Crippen LogP contribution in [0.5, 0.6) is 5.75 Å². The first kappa shape index (κ1) is 23.7. The Labute approximate surface area is 189 Å². The van der Waals surface area contributed by atoms with Gasteiger partial charge in [0.05, 0.1) is 5.56 Å². The second kappa shape index (κ2) is 8.88. The maximum absolute atomic E-state index is 12.7. The number of benzene rings is 2. The van der Waals surface area contributed by atoms with Gasteiger partial charge in [0.25, 0.3) is 0 Å². The lowest BCUT2D eigenvalue weighted by atomic mass is 9.80. The summed E-state index contributed by atoms with van der Waals surface area (Å²) >= 11 is 0. The molecule has 169 valence electrons. The lowest BCUT2D eigenvalue weighted by Crippen LogP contribution is -2.60. The number of hydroxylamine groups is 2. The predicted molar refractivity (Wildman–Crippen MR) is 121 cm³/mol. The van der Waals surface area contributed by atoms with Gasteiger partial charge in [0.15, 0.2) is 0 Å². The van der Waals surface area contributed by atoms with E-state index in [-0.39, 0.29) is 6.10 Å². The molecule has 1 heterocycles. The smallest absolute Gasteiger partial charge is 0.338 e. The Hall–Kier alpha value is -2.96. The summed E-state index contributed by atoms with van der Waals surface area (Å²) in [7, 11) is 0. The minimum absolute atomic E-state index is 0.313. The quantitative estimate of drug-likeness (QED) is 0.358. The van der Waals surface area contributed by atoms with Crippen LogP contribution in [-0.2, 0) is 14.7 Å². The average Bonchev–Trinajstić information content (AvgIpc) is 2.72. The molecule has 32 heavy (non-hydrogen) atoms. The highest BCUT2D eigenvalue weighted by atomic mass is 16.5. The monoisotopic (exact) mass is 436 g/mol. The van der Waals surface area contributed by atoms with Crippen molar-refractivity contribution >= 4 is 11.9 Å². The van der Waals surface area contributed by atoms with E-state index in [9.17, 15) is 14.8 Å². The zero-order chi connectivity index (χ0) is 23.7. The summed E-state index contributed by atoms with van der Waals surface area (Å²) in [5, 5.41) is 13.6. The Bertz CT molecular complexity index is 988. The van der Waals surface area contributed by atoms with Crippen molar-refractivity contribution in [2.45, 2.75) is 64.6 Å². The number of carbonyl (C=O) groups excluding carboxylic acids is 2. The van der Waals surface area contributed by atoms with Gasteiger partial charge in [0.1, 0.15) is 11.9 Å². The minimum atomic E-state index is -0.596. The number of ether oxygens (including phenoxy) is 2. The first-order valence-corrected chi connectivity index (χ1v) is 10.7. The van der Waals surface area contributed by atoms with Gasteiger partial charge in [-0.2, -0.15) is 0 Å². The van der Waals surface area contributed by atoms with E-state index in [1.165, 1.54) is 0 Å². The van der Waals surface area contributed by atoms with Gasteiger partial charge < -0.3 is 9.47 Å². The van der Waals surface area contributed by atoms with Gasteiger partial charge in [-0.05, 0) is 70.0 Å². The second-order valence-corrected chi connectivity index (χ2v) is 9.63. The molecule has 2 aromatic carbocycles. The van der Waals surface area contributed by atoms with Crippen LogP contribution >= 0.6 is 0 Å². The summed E-state index contributed by atoms with van der Waals surface area (Å²) in [5.41, 5.74) is 1.44. The molecule has 0 bridgehead atoms. The van der Waals surface area contributed by atoms with Crippen molar-refractivity contribution in [1.82, 2.24) is 5.06 Å². The fourth-order valence-electron chi connectivity index (χ4n) is 4.18. The van der Waals surface area contributed by atoms with E-state index < -0.39 is 23.0 Å². The molecule has 0 atom stereocenters. The van der Waals surface area contributed by atoms with E-state index in [1.807, 2.05) is 52.0 Å². The number of piperidine rings is 1. The molecule has 6 heteroatoms. The summed E-state index contributed by atoms with van der Waals surface area (Å²) in [5.74, 6) is -0.417. The zero-order valence-corrected chi connectivity index (χ0v) is 19.3. The molecule has 0 amide bonds. The molecular formula is C26H30NO5. The van der Waals surface area contributed by atoms with Crippen molar-refractivity contribution in [2.24, 2.45) is 0 Å². The molecular weight excluding hydrogens is 406 g/mol. The van der Waals surface area contributed by atoms with Crippen LogP contribution in [0.3, 0.4) is 0 Å². The molecule has 1 saturated heterocycles. The molecule has 2 aromatic rings. The topological polar surface area (TPSA) is 75.7 Å². The van der Waals surface area contributed by atoms with E-state index in [4.69, 9.17) is 9.47 Å². The second-order valence-electron chi connectivity index (χ2n) is 9.63. The van der Waals surface area contributed by atoms with Gasteiger partial charge in [-0.3, -0.25) is 0 Å².